The third kappa shape index (κ3) is 1.51. The monoisotopic (exact) mass is 105 g/mol. The van der Waals surface area contributed by atoms with Gasteiger partial charge >= 0.3 is 58.5 Å². The van der Waals surface area contributed by atoms with E-state index in [1.807, 2.05) is 6.07 Å². The molecule has 7 heavy (non-hydrogen) atoms. The first-order valence-electron chi connectivity index (χ1n) is 2.00. The van der Waals surface area contributed by atoms with Crippen molar-refractivity contribution in [3.8, 4) is 0 Å². The standard InChI is InChI=1S/C3H2N3.Na.H2/c1-2-4-6-5-3-1;;/h1-2H;;1H. The molecule has 32 valence electrons. The van der Waals surface area contributed by atoms with Crippen molar-refractivity contribution >= 4 is 30.9 Å². The van der Waals surface area contributed by atoms with Gasteiger partial charge in [0.05, 0.1) is 0 Å². The zero-order chi connectivity index (χ0) is 5.11. The van der Waals surface area contributed by atoms with Crippen LogP contribution in [0.1, 0.15) is 1.43 Å². The van der Waals surface area contributed by atoms with E-state index >= 15 is 0 Å². The van der Waals surface area contributed by atoms with Crippen LogP contribution in [0.5, 0.6) is 0 Å². The van der Waals surface area contributed by atoms with E-state index in [4.69, 9.17) is 0 Å². The molecule has 0 aliphatic carbocycles. The van der Waals surface area contributed by atoms with E-state index in [2.05, 4.69) is 15.4 Å². The summed E-state index contributed by atoms with van der Waals surface area (Å²) in [7, 11) is 0. The van der Waals surface area contributed by atoms with Crippen molar-refractivity contribution in [1.29, 1.82) is 0 Å². The summed E-state index contributed by atoms with van der Waals surface area (Å²) in [6.07, 6.45) is 1.65. The average Bonchev–Trinajstić information content (AvgIpc) is 1.69. The first-order chi connectivity index (χ1) is 3.39. The summed E-state index contributed by atoms with van der Waals surface area (Å²) in [5.41, 5.74) is 0. The zero-order valence-corrected chi connectivity index (χ0v) is 6.00. The molecule has 0 saturated carbocycles. The minimum atomic E-state index is 0. The Labute approximate surface area is 60.0 Å². The normalized spacial score (nSPS) is 8.86. The Kier molecular flexibility index (Phi) is 1.73. The Bertz CT molecular complexity index is 144. The van der Waals surface area contributed by atoms with Crippen LogP contribution in [0, 0.1) is 0 Å². The Morgan fingerprint density at radius 3 is 2.86 bits per heavy atom. The van der Waals surface area contributed by atoms with Crippen LogP contribution in [0.25, 0.3) is 0 Å². The van der Waals surface area contributed by atoms with Gasteiger partial charge in [-0.2, -0.15) is 0 Å². The van der Waals surface area contributed by atoms with Crippen molar-refractivity contribution in [3.63, 3.8) is 0 Å². The van der Waals surface area contributed by atoms with Gasteiger partial charge in [-0.3, -0.25) is 0 Å². The molecule has 0 aliphatic heterocycles. The summed E-state index contributed by atoms with van der Waals surface area (Å²) in [4.78, 5) is 0. The van der Waals surface area contributed by atoms with Crippen LogP contribution in [0.3, 0.4) is 0 Å². The molecule has 0 saturated heterocycles. The molecule has 0 atom stereocenters. The fourth-order valence-corrected chi connectivity index (χ4v) is 0.539. The van der Waals surface area contributed by atoms with E-state index in [9.17, 15) is 0 Å². The Hall–Kier alpha value is 0.01000. The number of rotatable bonds is 0. The van der Waals surface area contributed by atoms with Gasteiger partial charge in [-0.15, -0.1) is 0 Å². The van der Waals surface area contributed by atoms with Crippen LogP contribution >= 0.6 is 0 Å². The molecule has 1 heterocycles. The molecular weight excluding hydrogens is 101 g/mol. The van der Waals surface area contributed by atoms with Gasteiger partial charge in [-0.05, 0) is 0 Å². The second-order valence-corrected chi connectivity index (χ2v) is 2.29. The van der Waals surface area contributed by atoms with Gasteiger partial charge in [-0.25, -0.2) is 0 Å². The molecule has 4 heteroatoms. The first kappa shape index (κ1) is 5.15. The maximum atomic E-state index is 3.68. The van der Waals surface area contributed by atoms with E-state index in [-0.39, 0.29) is 1.43 Å². The molecule has 0 fully saturated rings. The molecule has 0 aliphatic rings. The van der Waals surface area contributed by atoms with Crippen molar-refractivity contribution in [1.82, 2.24) is 15.4 Å². The first-order valence-corrected chi connectivity index (χ1v) is 3.00. The number of nitrogens with zero attached hydrogens (tertiary/aromatic N) is 3. The van der Waals surface area contributed by atoms with Gasteiger partial charge in [0.2, 0.25) is 0 Å². The van der Waals surface area contributed by atoms with E-state index in [0.29, 0.717) is 0 Å². The second-order valence-electron chi connectivity index (χ2n) is 1.26. The Morgan fingerprint density at radius 2 is 2.57 bits per heavy atom. The van der Waals surface area contributed by atoms with Crippen molar-refractivity contribution in [3.05, 3.63) is 12.3 Å². The van der Waals surface area contributed by atoms with Crippen LogP contribution in [0.2, 0.25) is 0 Å². The van der Waals surface area contributed by atoms with Crippen LogP contribution in [0.15, 0.2) is 12.3 Å². The molecule has 1 rings (SSSR count). The van der Waals surface area contributed by atoms with E-state index in [0.717, 1.165) is 30.9 Å². The summed E-state index contributed by atoms with van der Waals surface area (Å²) < 4.78 is 1.04. The van der Waals surface area contributed by atoms with Crippen molar-refractivity contribution in [2.45, 2.75) is 0 Å². The fourth-order valence-electron chi connectivity index (χ4n) is 0.301. The molecular formula is C3H4N3Na. The summed E-state index contributed by atoms with van der Waals surface area (Å²) in [5, 5.41) is 10.6. The van der Waals surface area contributed by atoms with Gasteiger partial charge in [0.25, 0.3) is 0 Å². The van der Waals surface area contributed by atoms with Crippen molar-refractivity contribution in [2.75, 3.05) is 0 Å². The topological polar surface area (TPSA) is 38.7 Å². The molecule has 3 nitrogen and oxygen atoms in total. The molecule has 0 spiro atoms. The second kappa shape index (κ2) is 2.35. The SMILES string of the molecule is [HH].[Na][c]1ccnnn1. The molecule has 0 amide bonds. The minimum absolute atomic E-state index is 0. The van der Waals surface area contributed by atoms with Gasteiger partial charge < -0.3 is 0 Å². The zero-order valence-electron chi connectivity index (χ0n) is 4.00. The van der Waals surface area contributed by atoms with Crippen molar-refractivity contribution < 1.29 is 1.43 Å². The molecule has 0 aromatic carbocycles. The Balaban J connectivity index is 0.000000490. The maximum absolute atomic E-state index is 3.68. The van der Waals surface area contributed by atoms with Crippen LogP contribution < -0.4 is 2.94 Å². The van der Waals surface area contributed by atoms with E-state index < -0.39 is 0 Å². The third-order valence-corrected chi connectivity index (χ3v) is 1.17. The molecule has 1 aromatic heterocycles. The number of aromatic nitrogens is 3. The summed E-state index contributed by atoms with van der Waals surface area (Å²) in [5.74, 6) is 0. The summed E-state index contributed by atoms with van der Waals surface area (Å²) >= 11 is 0.960. The van der Waals surface area contributed by atoms with Gasteiger partial charge in [0, 0.05) is 1.43 Å². The van der Waals surface area contributed by atoms with Crippen LogP contribution in [0.4, 0.5) is 0 Å². The van der Waals surface area contributed by atoms with E-state index in [1.165, 1.54) is 0 Å². The fraction of sp³-hybridized carbons (Fsp3) is 0. The van der Waals surface area contributed by atoms with Gasteiger partial charge in [-0.1, -0.05) is 0 Å². The average molecular weight is 105 g/mol. The summed E-state index contributed by atoms with van der Waals surface area (Å²) in [6.45, 7) is 0. The molecule has 0 bridgehead atoms. The van der Waals surface area contributed by atoms with Gasteiger partial charge in [0.1, 0.15) is 0 Å². The molecule has 1 aromatic rings. The third-order valence-electron chi connectivity index (χ3n) is 0.637. The van der Waals surface area contributed by atoms with E-state index in [1.54, 1.807) is 6.20 Å². The summed E-state index contributed by atoms with van der Waals surface area (Å²) in [6, 6.07) is 1.86. The quantitative estimate of drug-likeness (QED) is 0.393. The predicted molar refractivity (Wildman–Crippen MR) is 27.3 cm³/mol. The molecule has 0 unspecified atom stereocenters. The van der Waals surface area contributed by atoms with Crippen LogP contribution in [-0.4, -0.2) is 43.3 Å². The van der Waals surface area contributed by atoms with Gasteiger partial charge in [0.15, 0.2) is 0 Å². The van der Waals surface area contributed by atoms with Crippen LogP contribution in [-0.2, 0) is 0 Å². The molecule has 0 radical (unpaired) electrons. The molecule has 0 N–H and O–H groups in total. The number of hydrogen-bond acceptors (Lipinski definition) is 3. The predicted octanol–water partition coefficient (Wildman–Crippen LogP) is -1.09. The number of hydrogen-bond donors (Lipinski definition) is 0. The Morgan fingerprint density at radius 1 is 1.71 bits per heavy atom. The van der Waals surface area contributed by atoms with Crippen molar-refractivity contribution in [2.24, 2.45) is 0 Å².